The second-order valence-electron chi connectivity index (χ2n) is 7.63. The van der Waals surface area contributed by atoms with Gasteiger partial charge in [-0.1, -0.05) is 53.7 Å². The second kappa shape index (κ2) is 7.06. The Kier molecular flexibility index (Phi) is 6.18. The van der Waals surface area contributed by atoms with E-state index in [9.17, 15) is 5.11 Å². The van der Waals surface area contributed by atoms with Gasteiger partial charge in [0.05, 0.1) is 13.2 Å². The minimum absolute atomic E-state index is 0.0773. The lowest BCUT2D eigenvalue weighted by Gasteiger charge is -2.28. The Hall–Kier alpha value is -0.670. The van der Waals surface area contributed by atoms with E-state index in [1.807, 2.05) is 0 Å². The standard InChI is InChI=1S/C18H30O2S/c1-17(2,3)14-11-13(7-8-20-9-10-21)12-15(16(14)19)18(4,5)6/h11-12,19,21H,7-10H2,1-6H3. The zero-order valence-corrected chi connectivity index (χ0v) is 15.2. The topological polar surface area (TPSA) is 29.5 Å². The molecule has 0 amide bonds. The largest absolute Gasteiger partial charge is 0.507 e. The Morgan fingerprint density at radius 1 is 0.952 bits per heavy atom. The van der Waals surface area contributed by atoms with Gasteiger partial charge in [-0.3, -0.25) is 0 Å². The molecule has 0 aliphatic carbocycles. The maximum absolute atomic E-state index is 10.7. The molecule has 1 N–H and O–H groups in total. The maximum atomic E-state index is 10.7. The number of phenols is 1. The number of rotatable bonds is 5. The summed E-state index contributed by atoms with van der Waals surface area (Å²) in [5.74, 6) is 1.19. The van der Waals surface area contributed by atoms with Crippen molar-refractivity contribution in [2.24, 2.45) is 0 Å². The summed E-state index contributed by atoms with van der Waals surface area (Å²) in [5.41, 5.74) is 3.10. The van der Waals surface area contributed by atoms with Gasteiger partial charge in [-0.2, -0.15) is 12.6 Å². The van der Waals surface area contributed by atoms with Crippen molar-refractivity contribution >= 4 is 12.6 Å². The summed E-state index contributed by atoms with van der Waals surface area (Å²) in [4.78, 5) is 0. The SMILES string of the molecule is CC(C)(C)c1cc(CCOCCS)cc(C(C)(C)C)c1O. The van der Waals surface area contributed by atoms with Gasteiger partial charge in [0, 0.05) is 5.75 Å². The van der Waals surface area contributed by atoms with Gasteiger partial charge in [0.1, 0.15) is 5.75 Å². The quantitative estimate of drug-likeness (QED) is 0.620. The summed E-state index contributed by atoms with van der Waals surface area (Å²) in [5, 5.41) is 10.7. The molecule has 1 aromatic carbocycles. The average molecular weight is 311 g/mol. The van der Waals surface area contributed by atoms with Crippen LogP contribution in [0.1, 0.15) is 58.2 Å². The molecule has 0 radical (unpaired) electrons. The van der Waals surface area contributed by atoms with Crippen LogP contribution in [-0.2, 0) is 22.0 Å². The first kappa shape index (κ1) is 18.4. The highest BCUT2D eigenvalue weighted by atomic mass is 32.1. The van der Waals surface area contributed by atoms with E-state index in [1.165, 1.54) is 5.56 Å². The Bertz CT molecular complexity index is 432. The Labute approximate surface area is 135 Å². The van der Waals surface area contributed by atoms with Crippen LogP contribution < -0.4 is 0 Å². The van der Waals surface area contributed by atoms with Crippen LogP contribution in [0.2, 0.25) is 0 Å². The lowest BCUT2D eigenvalue weighted by molar-refractivity contribution is 0.153. The van der Waals surface area contributed by atoms with Crippen molar-refractivity contribution in [3.8, 4) is 5.75 Å². The van der Waals surface area contributed by atoms with Crippen molar-refractivity contribution < 1.29 is 9.84 Å². The molecule has 21 heavy (non-hydrogen) atoms. The summed E-state index contributed by atoms with van der Waals surface area (Å²) in [6.45, 7) is 14.2. The molecule has 0 fully saturated rings. The van der Waals surface area contributed by atoms with E-state index >= 15 is 0 Å². The fourth-order valence-electron chi connectivity index (χ4n) is 2.34. The normalized spacial score (nSPS) is 12.7. The number of hydrogen-bond acceptors (Lipinski definition) is 3. The van der Waals surface area contributed by atoms with E-state index in [2.05, 4.69) is 66.3 Å². The number of aromatic hydroxyl groups is 1. The van der Waals surface area contributed by atoms with Gasteiger partial charge >= 0.3 is 0 Å². The molecule has 0 aromatic heterocycles. The molecular formula is C18H30O2S. The number of phenolic OH excluding ortho intramolecular Hbond substituents is 1. The number of ether oxygens (including phenoxy) is 1. The molecule has 0 aliphatic rings. The van der Waals surface area contributed by atoms with Crippen molar-refractivity contribution in [2.45, 2.75) is 58.8 Å². The number of thiol groups is 1. The third-order valence-corrected chi connectivity index (χ3v) is 3.74. The predicted octanol–water partition coefficient (Wildman–Crippen LogP) is 4.48. The van der Waals surface area contributed by atoms with Crippen LogP contribution in [0.5, 0.6) is 5.75 Å². The molecule has 1 aromatic rings. The fourth-order valence-corrected chi connectivity index (χ4v) is 2.47. The van der Waals surface area contributed by atoms with Gasteiger partial charge in [-0.15, -0.1) is 0 Å². The molecule has 3 heteroatoms. The van der Waals surface area contributed by atoms with Crippen LogP contribution in [0.3, 0.4) is 0 Å². The van der Waals surface area contributed by atoms with Gasteiger partial charge in [-0.05, 0) is 33.9 Å². The van der Waals surface area contributed by atoms with Crippen molar-refractivity contribution in [1.82, 2.24) is 0 Å². The Balaban J connectivity index is 3.15. The zero-order chi connectivity index (χ0) is 16.3. The van der Waals surface area contributed by atoms with Crippen LogP contribution in [0.4, 0.5) is 0 Å². The lowest BCUT2D eigenvalue weighted by atomic mass is 9.78. The smallest absolute Gasteiger partial charge is 0.123 e. The first-order valence-corrected chi connectivity index (χ1v) is 8.26. The summed E-state index contributed by atoms with van der Waals surface area (Å²) >= 11 is 4.14. The highest BCUT2D eigenvalue weighted by Gasteiger charge is 2.26. The van der Waals surface area contributed by atoms with E-state index in [4.69, 9.17) is 4.74 Å². The molecule has 0 unspecified atom stereocenters. The Morgan fingerprint density at radius 2 is 1.43 bits per heavy atom. The van der Waals surface area contributed by atoms with Crippen molar-refractivity contribution in [3.63, 3.8) is 0 Å². The van der Waals surface area contributed by atoms with Gasteiger partial charge in [0.2, 0.25) is 0 Å². The predicted molar refractivity (Wildman–Crippen MR) is 93.9 cm³/mol. The summed E-state index contributed by atoms with van der Waals surface area (Å²) in [6.07, 6.45) is 0.861. The van der Waals surface area contributed by atoms with Crippen molar-refractivity contribution in [1.29, 1.82) is 0 Å². The highest BCUT2D eigenvalue weighted by Crippen LogP contribution is 2.39. The van der Waals surface area contributed by atoms with Crippen LogP contribution in [0, 0.1) is 0 Å². The van der Waals surface area contributed by atoms with Gasteiger partial charge in [-0.25, -0.2) is 0 Å². The molecule has 0 atom stereocenters. The molecule has 0 saturated heterocycles. The first-order valence-electron chi connectivity index (χ1n) is 7.63. The van der Waals surface area contributed by atoms with Crippen LogP contribution in [0.15, 0.2) is 12.1 Å². The van der Waals surface area contributed by atoms with E-state index < -0.39 is 0 Å². The molecule has 120 valence electrons. The van der Waals surface area contributed by atoms with E-state index in [1.54, 1.807) is 0 Å². The molecule has 0 saturated carbocycles. The zero-order valence-electron chi connectivity index (χ0n) is 14.3. The van der Waals surface area contributed by atoms with E-state index in [0.717, 1.165) is 23.3 Å². The average Bonchev–Trinajstić information content (AvgIpc) is 2.33. The van der Waals surface area contributed by atoms with E-state index in [0.29, 0.717) is 19.0 Å². The monoisotopic (exact) mass is 310 g/mol. The lowest BCUT2D eigenvalue weighted by Crippen LogP contribution is -2.18. The summed E-state index contributed by atoms with van der Waals surface area (Å²) in [6, 6.07) is 4.24. The van der Waals surface area contributed by atoms with Crippen molar-refractivity contribution in [2.75, 3.05) is 19.0 Å². The van der Waals surface area contributed by atoms with Gasteiger partial charge in [0.25, 0.3) is 0 Å². The van der Waals surface area contributed by atoms with Crippen LogP contribution in [0.25, 0.3) is 0 Å². The minimum atomic E-state index is -0.0773. The number of hydrogen-bond donors (Lipinski definition) is 2. The first-order chi connectivity index (χ1) is 9.57. The molecular weight excluding hydrogens is 280 g/mol. The molecule has 1 rings (SSSR count). The fraction of sp³-hybridized carbons (Fsp3) is 0.667. The van der Waals surface area contributed by atoms with E-state index in [-0.39, 0.29) is 10.8 Å². The number of benzene rings is 1. The molecule has 0 spiro atoms. The third kappa shape index (κ3) is 5.23. The van der Waals surface area contributed by atoms with Gasteiger partial charge < -0.3 is 9.84 Å². The Morgan fingerprint density at radius 3 is 1.81 bits per heavy atom. The maximum Gasteiger partial charge on any atom is 0.123 e. The molecule has 0 aliphatic heterocycles. The molecule has 0 bridgehead atoms. The molecule has 0 heterocycles. The second-order valence-corrected chi connectivity index (χ2v) is 8.07. The summed E-state index contributed by atoms with van der Waals surface area (Å²) in [7, 11) is 0. The summed E-state index contributed by atoms with van der Waals surface area (Å²) < 4.78 is 5.53. The minimum Gasteiger partial charge on any atom is -0.507 e. The third-order valence-electron chi connectivity index (χ3n) is 3.56. The van der Waals surface area contributed by atoms with Gasteiger partial charge in [0.15, 0.2) is 0 Å². The molecule has 2 nitrogen and oxygen atoms in total. The highest BCUT2D eigenvalue weighted by molar-refractivity contribution is 7.80. The van der Waals surface area contributed by atoms with Crippen LogP contribution in [-0.4, -0.2) is 24.1 Å². The van der Waals surface area contributed by atoms with Crippen LogP contribution >= 0.6 is 12.6 Å². The van der Waals surface area contributed by atoms with Crippen molar-refractivity contribution in [3.05, 3.63) is 28.8 Å².